The lowest BCUT2D eigenvalue weighted by Gasteiger charge is -2.33. The molecule has 1 aromatic rings. The highest BCUT2D eigenvalue weighted by molar-refractivity contribution is 6.32. The molecule has 82 valence electrons. The van der Waals surface area contributed by atoms with Crippen LogP contribution < -0.4 is 10.6 Å². The first-order chi connectivity index (χ1) is 7.02. The van der Waals surface area contributed by atoms with Crippen molar-refractivity contribution in [1.82, 2.24) is 9.97 Å². The first-order valence-electron chi connectivity index (χ1n) is 5.06. The van der Waals surface area contributed by atoms with E-state index < -0.39 is 0 Å². The summed E-state index contributed by atoms with van der Waals surface area (Å²) < 4.78 is 0. The predicted molar refractivity (Wildman–Crippen MR) is 62.1 cm³/mol. The third kappa shape index (κ3) is 1.74. The summed E-state index contributed by atoms with van der Waals surface area (Å²) in [6, 6.07) is 0. The van der Waals surface area contributed by atoms with Crippen molar-refractivity contribution in [2.24, 2.45) is 0 Å². The summed E-state index contributed by atoms with van der Waals surface area (Å²) in [4.78, 5) is 10.3. The van der Waals surface area contributed by atoms with Gasteiger partial charge in [0, 0.05) is 12.1 Å². The molecular weight excluding hydrogens is 212 g/mol. The summed E-state index contributed by atoms with van der Waals surface area (Å²) in [7, 11) is 0. The zero-order chi connectivity index (χ0) is 11.1. The first-order valence-corrected chi connectivity index (χ1v) is 5.44. The third-order valence-electron chi connectivity index (χ3n) is 2.97. The zero-order valence-corrected chi connectivity index (χ0v) is 9.75. The van der Waals surface area contributed by atoms with Crippen LogP contribution in [0.3, 0.4) is 0 Å². The second-order valence-corrected chi connectivity index (χ2v) is 4.83. The smallest absolute Gasteiger partial charge is 0.157 e. The minimum absolute atomic E-state index is 0.103. The van der Waals surface area contributed by atoms with Crippen molar-refractivity contribution < 1.29 is 0 Å². The van der Waals surface area contributed by atoms with Crippen LogP contribution >= 0.6 is 11.6 Å². The molecule has 0 aliphatic carbocycles. The Bertz CT molecular complexity index is 378. The topological polar surface area (TPSA) is 55.0 Å². The summed E-state index contributed by atoms with van der Waals surface area (Å²) >= 11 is 5.88. The van der Waals surface area contributed by atoms with Crippen LogP contribution in [0.5, 0.6) is 0 Å². The molecule has 0 spiro atoms. The van der Waals surface area contributed by atoms with Crippen LogP contribution in [0.4, 0.5) is 11.5 Å². The highest BCUT2D eigenvalue weighted by Gasteiger charge is 2.34. The van der Waals surface area contributed by atoms with Crippen LogP contribution in [0, 0.1) is 0 Å². The molecule has 1 fully saturated rings. The van der Waals surface area contributed by atoms with E-state index in [0.717, 1.165) is 25.2 Å². The number of halogens is 1. The predicted octanol–water partition coefficient (Wildman–Crippen LogP) is 2.09. The van der Waals surface area contributed by atoms with Crippen LogP contribution in [0.1, 0.15) is 26.7 Å². The van der Waals surface area contributed by atoms with Gasteiger partial charge in [-0.25, -0.2) is 9.97 Å². The summed E-state index contributed by atoms with van der Waals surface area (Å²) in [6.07, 6.45) is 3.77. The van der Waals surface area contributed by atoms with Crippen LogP contribution in [0.25, 0.3) is 0 Å². The van der Waals surface area contributed by atoms with Gasteiger partial charge in [0.2, 0.25) is 0 Å². The average molecular weight is 227 g/mol. The fraction of sp³-hybridized carbons (Fsp3) is 0.600. The number of hydrogen-bond acceptors (Lipinski definition) is 4. The maximum atomic E-state index is 5.88. The second-order valence-electron chi connectivity index (χ2n) is 4.47. The molecule has 0 bridgehead atoms. The Balaban J connectivity index is 2.41. The van der Waals surface area contributed by atoms with E-state index >= 15 is 0 Å². The van der Waals surface area contributed by atoms with E-state index in [1.165, 1.54) is 6.33 Å². The molecule has 5 heteroatoms. The van der Waals surface area contributed by atoms with Crippen LogP contribution in [0.15, 0.2) is 6.33 Å². The maximum Gasteiger partial charge on any atom is 0.157 e. The zero-order valence-electron chi connectivity index (χ0n) is 9.00. The van der Waals surface area contributed by atoms with Crippen molar-refractivity contribution >= 4 is 23.1 Å². The van der Waals surface area contributed by atoms with Gasteiger partial charge in [0.15, 0.2) is 11.0 Å². The molecule has 1 aliphatic rings. The molecule has 1 aromatic heterocycles. The molecule has 1 saturated heterocycles. The molecule has 0 saturated carbocycles. The number of rotatable bonds is 1. The quantitative estimate of drug-likeness (QED) is 0.745. The van der Waals surface area contributed by atoms with Gasteiger partial charge < -0.3 is 10.6 Å². The fourth-order valence-corrected chi connectivity index (χ4v) is 2.21. The summed E-state index contributed by atoms with van der Waals surface area (Å²) in [5.74, 6) is 0.762. The van der Waals surface area contributed by atoms with Crippen molar-refractivity contribution in [2.75, 3.05) is 17.2 Å². The van der Waals surface area contributed by atoms with E-state index in [1.54, 1.807) is 0 Å². The largest absolute Gasteiger partial charge is 0.393 e. The molecule has 2 heterocycles. The second kappa shape index (κ2) is 3.52. The van der Waals surface area contributed by atoms with Gasteiger partial charge in [0.05, 0.1) is 0 Å². The van der Waals surface area contributed by atoms with Crippen molar-refractivity contribution in [1.29, 1.82) is 0 Å². The summed E-state index contributed by atoms with van der Waals surface area (Å²) in [5, 5.41) is 0.336. The van der Waals surface area contributed by atoms with Crippen LogP contribution in [0.2, 0.25) is 5.15 Å². The maximum absolute atomic E-state index is 5.88. The molecule has 4 nitrogen and oxygen atoms in total. The molecule has 0 amide bonds. The third-order valence-corrected chi connectivity index (χ3v) is 3.27. The van der Waals surface area contributed by atoms with Crippen molar-refractivity contribution in [3.8, 4) is 0 Å². The number of hydrogen-bond donors (Lipinski definition) is 1. The van der Waals surface area contributed by atoms with E-state index in [0.29, 0.717) is 10.8 Å². The van der Waals surface area contributed by atoms with E-state index in [4.69, 9.17) is 17.3 Å². The SMILES string of the molecule is CC1(C)CCCN1c1ncnc(Cl)c1N. The summed E-state index contributed by atoms with van der Waals surface area (Å²) in [5.41, 5.74) is 6.47. The Kier molecular flexibility index (Phi) is 2.46. The van der Waals surface area contributed by atoms with Gasteiger partial charge in [-0.15, -0.1) is 0 Å². The van der Waals surface area contributed by atoms with Gasteiger partial charge in [-0.05, 0) is 26.7 Å². The summed E-state index contributed by atoms with van der Waals surface area (Å²) in [6.45, 7) is 5.36. The van der Waals surface area contributed by atoms with Crippen LogP contribution in [-0.2, 0) is 0 Å². The van der Waals surface area contributed by atoms with Crippen LogP contribution in [-0.4, -0.2) is 22.1 Å². The molecule has 15 heavy (non-hydrogen) atoms. The van der Waals surface area contributed by atoms with Crippen molar-refractivity contribution in [3.05, 3.63) is 11.5 Å². The minimum Gasteiger partial charge on any atom is -0.393 e. The molecule has 0 atom stereocenters. The van der Waals surface area contributed by atoms with Gasteiger partial charge in [-0.2, -0.15) is 0 Å². The Morgan fingerprint density at radius 2 is 2.20 bits per heavy atom. The van der Waals surface area contributed by atoms with E-state index in [9.17, 15) is 0 Å². The lowest BCUT2D eigenvalue weighted by atomic mass is 10.0. The number of nitrogen functional groups attached to an aromatic ring is 1. The Morgan fingerprint density at radius 1 is 1.47 bits per heavy atom. The number of nitrogens with two attached hydrogens (primary N) is 1. The highest BCUT2D eigenvalue weighted by atomic mass is 35.5. The molecule has 2 N–H and O–H groups in total. The van der Waals surface area contributed by atoms with Gasteiger partial charge in [-0.1, -0.05) is 11.6 Å². The standard InChI is InChI=1S/C10H15ClN4/c1-10(2)4-3-5-15(10)9-7(12)8(11)13-6-14-9/h6H,3-5,12H2,1-2H3. The van der Waals surface area contributed by atoms with Crippen molar-refractivity contribution in [2.45, 2.75) is 32.2 Å². The van der Waals surface area contributed by atoms with E-state index in [1.807, 2.05) is 0 Å². The molecular formula is C10H15ClN4. The van der Waals surface area contributed by atoms with Gasteiger partial charge in [0.25, 0.3) is 0 Å². The average Bonchev–Trinajstić information content (AvgIpc) is 2.50. The van der Waals surface area contributed by atoms with Gasteiger partial charge in [-0.3, -0.25) is 0 Å². The van der Waals surface area contributed by atoms with Crippen molar-refractivity contribution in [3.63, 3.8) is 0 Å². The Labute approximate surface area is 94.5 Å². The minimum atomic E-state index is 0.103. The molecule has 0 aromatic carbocycles. The number of aromatic nitrogens is 2. The first kappa shape index (κ1) is 10.5. The lowest BCUT2D eigenvalue weighted by molar-refractivity contribution is 0.514. The van der Waals surface area contributed by atoms with Gasteiger partial charge in [0.1, 0.15) is 12.0 Å². The molecule has 2 rings (SSSR count). The monoisotopic (exact) mass is 226 g/mol. The lowest BCUT2D eigenvalue weighted by Crippen LogP contribution is -2.39. The molecule has 0 radical (unpaired) electrons. The number of nitrogens with zero attached hydrogens (tertiary/aromatic N) is 3. The molecule has 0 unspecified atom stereocenters. The highest BCUT2D eigenvalue weighted by Crippen LogP contribution is 2.36. The normalized spacial score (nSPS) is 19.5. The van der Waals surface area contributed by atoms with E-state index in [2.05, 4.69) is 28.7 Å². The Hall–Kier alpha value is -1.03. The Morgan fingerprint density at radius 3 is 2.80 bits per heavy atom. The van der Waals surface area contributed by atoms with Gasteiger partial charge >= 0.3 is 0 Å². The van der Waals surface area contributed by atoms with E-state index in [-0.39, 0.29) is 5.54 Å². The fourth-order valence-electron chi connectivity index (χ4n) is 2.08. The molecule has 1 aliphatic heterocycles. The number of anilines is 2.